The number of Topliss-reactive ketones (excluding diaryl/α,β-unsaturated/α-hetero) is 5. The summed E-state index contributed by atoms with van der Waals surface area (Å²) in [6, 6.07) is 0. The molecule has 2 fully saturated rings. The van der Waals surface area contributed by atoms with Crippen LogP contribution in [0.2, 0.25) is 0 Å². The number of ketones is 5. The van der Waals surface area contributed by atoms with E-state index in [9.17, 15) is 24.0 Å². The standard InChI is InChI=1S/C21H32N2O5/c24-17-1-2-18(25)6-12-23-14-8-20(27)4-3-19(26)7-13-22(11-5-17)15-9-21(28)10-16-23/h1-16H2. The van der Waals surface area contributed by atoms with Crippen LogP contribution in [0, 0.1) is 0 Å². The lowest BCUT2D eigenvalue weighted by Crippen LogP contribution is -2.32. The Labute approximate surface area is 166 Å². The summed E-state index contributed by atoms with van der Waals surface area (Å²) in [4.78, 5) is 64.8. The quantitative estimate of drug-likeness (QED) is 0.615. The highest BCUT2D eigenvalue weighted by atomic mass is 16.1. The normalized spacial score (nSPS) is 28.2. The summed E-state index contributed by atoms with van der Waals surface area (Å²) in [5, 5.41) is 0. The Hall–Kier alpha value is -1.73. The van der Waals surface area contributed by atoms with E-state index in [0.717, 1.165) is 0 Å². The van der Waals surface area contributed by atoms with Crippen molar-refractivity contribution in [1.29, 1.82) is 0 Å². The molecule has 0 aromatic rings. The molecular formula is C21H32N2O5. The molecule has 0 saturated carbocycles. The number of rotatable bonds is 0. The smallest absolute Gasteiger partial charge is 0.135 e. The van der Waals surface area contributed by atoms with E-state index in [0.29, 0.717) is 77.8 Å². The van der Waals surface area contributed by atoms with Gasteiger partial charge in [-0.1, -0.05) is 0 Å². The molecule has 7 nitrogen and oxygen atoms in total. The fraction of sp³-hybridized carbons (Fsp3) is 0.762. The monoisotopic (exact) mass is 392 g/mol. The van der Waals surface area contributed by atoms with Gasteiger partial charge in [0.25, 0.3) is 0 Å². The Bertz CT molecular complexity index is 512. The van der Waals surface area contributed by atoms with Gasteiger partial charge in [-0.15, -0.1) is 0 Å². The first-order chi connectivity index (χ1) is 13.4. The van der Waals surface area contributed by atoms with Crippen LogP contribution >= 0.6 is 0 Å². The van der Waals surface area contributed by atoms with Gasteiger partial charge >= 0.3 is 0 Å². The summed E-state index contributed by atoms with van der Waals surface area (Å²) in [7, 11) is 0. The third-order valence-corrected chi connectivity index (χ3v) is 5.61. The van der Waals surface area contributed by atoms with Gasteiger partial charge in [-0.2, -0.15) is 0 Å². The average molecular weight is 392 g/mol. The van der Waals surface area contributed by atoms with Gasteiger partial charge in [-0.3, -0.25) is 24.0 Å². The van der Waals surface area contributed by atoms with Crippen molar-refractivity contribution in [2.24, 2.45) is 0 Å². The molecule has 0 spiro atoms. The molecule has 0 N–H and O–H groups in total. The Kier molecular flexibility index (Phi) is 9.64. The highest BCUT2D eigenvalue weighted by molar-refractivity contribution is 5.87. The third kappa shape index (κ3) is 8.97. The van der Waals surface area contributed by atoms with Crippen LogP contribution in [0.15, 0.2) is 0 Å². The van der Waals surface area contributed by atoms with Crippen LogP contribution in [0.4, 0.5) is 0 Å². The molecule has 2 heterocycles. The van der Waals surface area contributed by atoms with Gasteiger partial charge in [0.1, 0.15) is 28.9 Å². The summed E-state index contributed by atoms with van der Waals surface area (Å²) in [6.45, 7) is 3.07. The topological polar surface area (TPSA) is 91.8 Å². The summed E-state index contributed by atoms with van der Waals surface area (Å²) in [5.74, 6) is 0.336. The molecular weight excluding hydrogens is 360 g/mol. The van der Waals surface area contributed by atoms with Gasteiger partial charge in [-0.05, 0) is 0 Å². The molecule has 0 aliphatic carbocycles. The summed E-state index contributed by atoms with van der Waals surface area (Å²) in [5.41, 5.74) is 0. The molecule has 156 valence electrons. The first-order valence-electron chi connectivity index (χ1n) is 10.5. The number of hydrogen-bond acceptors (Lipinski definition) is 7. The first kappa shape index (κ1) is 22.6. The van der Waals surface area contributed by atoms with Crippen LogP contribution < -0.4 is 0 Å². The molecule has 28 heavy (non-hydrogen) atoms. The van der Waals surface area contributed by atoms with Crippen LogP contribution in [0.1, 0.15) is 64.2 Å². The minimum Gasteiger partial charge on any atom is -0.302 e. The zero-order chi connectivity index (χ0) is 20.4. The molecule has 2 aliphatic heterocycles. The number of hydrogen-bond donors (Lipinski definition) is 0. The van der Waals surface area contributed by atoms with Crippen LogP contribution in [0.5, 0.6) is 0 Å². The maximum Gasteiger partial charge on any atom is 0.135 e. The zero-order valence-electron chi connectivity index (χ0n) is 16.7. The highest BCUT2D eigenvalue weighted by Gasteiger charge is 2.18. The fourth-order valence-corrected chi connectivity index (χ4v) is 3.55. The van der Waals surface area contributed by atoms with E-state index in [1.807, 2.05) is 9.80 Å². The molecule has 0 atom stereocenters. The maximum absolute atomic E-state index is 12.3. The molecule has 7 heteroatoms. The molecule has 0 aromatic heterocycles. The second kappa shape index (κ2) is 12.0. The molecule has 2 aliphatic rings. The molecule has 2 saturated heterocycles. The predicted molar refractivity (Wildman–Crippen MR) is 104 cm³/mol. The Balaban J connectivity index is 2.15. The van der Waals surface area contributed by atoms with Crippen molar-refractivity contribution in [2.45, 2.75) is 64.2 Å². The van der Waals surface area contributed by atoms with Crippen molar-refractivity contribution < 1.29 is 24.0 Å². The number of nitrogens with zero attached hydrogens (tertiary/aromatic N) is 2. The summed E-state index contributed by atoms with van der Waals surface area (Å²) in [6.07, 6.45) is 3.14. The van der Waals surface area contributed by atoms with Gasteiger partial charge < -0.3 is 9.80 Å². The maximum atomic E-state index is 12.3. The van der Waals surface area contributed by atoms with E-state index in [-0.39, 0.29) is 54.6 Å². The largest absolute Gasteiger partial charge is 0.302 e. The second-order valence-corrected chi connectivity index (χ2v) is 7.88. The second-order valence-electron chi connectivity index (χ2n) is 7.88. The highest BCUT2D eigenvalue weighted by Crippen LogP contribution is 2.09. The molecule has 0 radical (unpaired) electrons. The minimum absolute atomic E-state index is 0.0504. The van der Waals surface area contributed by atoms with Crippen molar-refractivity contribution in [2.75, 3.05) is 39.3 Å². The molecule has 0 unspecified atom stereocenters. The van der Waals surface area contributed by atoms with Gasteiger partial charge in [0.2, 0.25) is 0 Å². The van der Waals surface area contributed by atoms with E-state index in [1.165, 1.54) is 0 Å². The number of fused-ring (bicyclic) bond motifs is 6. The molecule has 2 bridgehead atoms. The molecule has 0 amide bonds. The summed E-state index contributed by atoms with van der Waals surface area (Å²) < 4.78 is 0. The lowest BCUT2D eigenvalue weighted by Gasteiger charge is -2.22. The van der Waals surface area contributed by atoms with Gasteiger partial charge in [0.15, 0.2) is 0 Å². The van der Waals surface area contributed by atoms with Gasteiger partial charge in [0.05, 0.1) is 0 Å². The third-order valence-electron chi connectivity index (χ3n) is 5.61. The van der Waals surface area contributed by atoms with Crippen molar-refractivity contribution in [3.05, 3.63) is 0 Å². The minimum atomic E-state index is 0.0504. The lowest BCUT2D eigenvalue weighted by molar-refractivity contribution is -0.125. The van der Waals surface area contributed by atoms with Crippen LogP contribution in [0.3, 0.4) is 0 Å². The number of carbonyl (C=O) groups is 5. The van der Waals surface area contributed by atoms with E-state index in [4.69, 9.17) is 0 Å². The Morgan fingerprint density at radius 2 is 0.500 bits per heavy atom. The van der Waals surface area contributed by atoms with E-state index < -0.39 is 0 Å². The van der Waals surface area contributed by atoms with Crippen LogP contribution in [0.25, 0.3) is 0 Å². The van der Waals surface area contributed by atoms with Crippen molar-refractivity contribution in [1.82, 2.24) is 9.80 Å². The Morgan fingerprint density at radius 3 is 0.714 bits per heavy atom. The van der Waals surface area contributed by atoms with E-state index in [2.05, 4.69) is 0 Å². The van der Waals surface area contributed by atoms with E-state index in [1.54, 1.807) is 0 Å². The van der Waals surface area contributed by atoms with E-state index >= 15 is 0 Å². The Morgan fingerprint density at radius 1 is 0.321 bits per heavy atom. The zero-order valence-corrected chi connectivity index (χ0v) is 16.7. The van der Waals surface area contributed by atoms with Crippen molar-refractivity contribution >= 4 is 28.9 Å². The van der Waals surface area contributed by atoms with Gasteiger partial charge in [-0.25, -0.2) is 0 Å². The number of carbonyl (C=O) groups excluding carboxylic acids is 5. The fourth-order valence-electron chi connectivity index (χ4n) is 3.55. The van der Waals surface area contributed by atoms with Crippen molar-refractivity contribution in [3.8, 4) is 0 Å². The molecule has 0 aromatic carbocycles. The van der Waals surface area contributed by atoms with Crippen LogP contribution in [-0.2, 0) is 24.0 Å². The van der Waals surface area contributed by atoms with Crippen LogP contribution in [-0.4, -0.2) is 78.0 Å². The lowest BCUT2D eigenvalue weighted by atomic mass is 10.1. The first-order valence-corrected chi connectivity index (χ1v) is 10.5. The van der Waals surface area contributed by atoms with Crippen molar-refractivity contribution in [3.63, 3.8) is 0 Å². The summed E-state index contributed by atoms with van der Waals surface area (Å²) >= 11 is 0. The predicted octanol–water partition coefficient (Wildman–Crippen LogP) is 1.36. The van der Waals surface area contributed by atoms with Gasteiger partial charge in [0, 0.05) is 103 Å². The SMILES string of the molecule is O=C1CCC(=O)CCN2CCC(=O)CCC(=O)CCN(CC1)CCC(=O)CC2. The average Bonchev–Trinajstić information content (AvgIpc) is 2.68. The molecule has 2 rings (SSSR count).